The second-order valence-corrected chi connectivity index (χ2v) is 6.95. The van der Waals surface area contributed by atoms with Crippen LogP contribution in [0.3, 0.4) is 0 Å². The molecule has 24 heavy (non-hydrogen) atoms. The first-order valence-corrected chi connectivity index (χ1v) is 8.32. The van der Waals surface area contributed by atoms with Crippen molar-refractivity contribution in [3.63, 3.8) is 0 Å². The molecule has 0 spiro atoms. The Morgan fingerprint density at radius 1 is 1.29 bits per heavy atom. The zero-order valence-corrected chi connectivity index (χ0v) is 14.4. The number of hydrogen-bond acceptors (Lipinski definition) is 5. The predicted octanol–water partition coefficient (Wildman–Crippen LogP) is 3.09. The van der Waals surface area contributed by atoms with Gasteiger partial charge >= 0.3 is 5.97 Å². The Morgan fingerprint density at radius 3 is 2.83 bits per heavy atom. The standard InChI is InChI=1S/C16H14ClN3O3S/c1-20(8-10-6-7-13(17)24-10)14(21)9-23-16(22)15-11-4-2-3-5-12(11)18-19-15/h2-7H,8-9H2,1H3,(H,18,19). The van der Waals surface area contributed by atoms with Gasteiger partial charge in [-0.1, -0.05) is 29.8 Å². The minimum absolute atomic E-state index is 0.172. The lowest BCUT2D eigenvalue weighted by Gasteiger charge is -2.15. The molecule has 0 fully saturated rings. The van der Waals surface area contributed by atoms with E-state index in [0.717, 1.165) is 10.4 Å². The normalized spacial score (nSPS) is 10.8. The Kier molecular flexibility index (Phi) is 4.82. The van der Waals surface area contributed by atoms with Gasteiger partial charge in [0.05, 0.1) is 16.4 Å². The summed E-state index contributed by atoms with van der Waals surface area (Å²) in [6.45, 7) is 0.0781. The number of ether oxygens (including phenoxy) is 1. The van der Waals surface area contributed by atoms with Gasteiger partial charge in [-0.05, 0) is 18.2 Å². The van der Waals surface area contributed by atoms with Crippen molar-refractivity contribution in [3.05, 3.63) is 51.3 Å². The number of likely N-dealkylation sites (N-methyl/N-ethyl adjacent to an activating group) is 1. The van der Waals surface area contributed by atoms with Gasteiger partial charge in [0.2, 0.25) is 0 Å². The Balaban J connectivity index is 1.58. The average molecular weight is 364 g/mol. The Labute approximate surface area is 147 Å². The molecule has 0 bridgehead atoms. The first-order valence-electron chi connectivity index (χ1n) is 7.13. The molecule has 3 aromatic rings. The van der Waals surface area contributed by atoms with Crippen LogP contribution < -0.4 is 0 Å². The third-order valence-corrected chi connectivity index (χ3v) is 4.65. The van der Waals surface area contributed by atoms with Crippen LogP contribution in [0.4, 0.5) is 0 Å². The van der Waals surface area contributed by atoms with Gasteiger partial charge in [0, 0.05) is 17.3 Å². The molecule has 2 heterocycles. The number of para-hydroxylation sites is 1. The quantitative estimate of drug-likeness (QED) is 0.707. The number of thiophene rings is 1. The number of aromatic nitrogens is 2. The predicted molar refractivity (Wildman–Crippen MR) is 92.2 cm³/mol. The zero-order chi connectivity index (χ0) is 17.1. The largest absolute Gasteiger partial charge is 0.451 e. The molecule has 0 saturated carbocycles. The van der Waals surface area contributed by atoms with E-state index in [1.807, 2.05) is 18.2 Å². The molecule has 0 aliphatic rings. The van der Waals surface area contributed by atoms with Crippen LogP contribution in [0.2, 0.25) is 4.34 Å². The van der Waals surface area contributed by atoms with Crippen molar-refractivity contribution in [1.82, 2.24) is 15.1 Å². The Bertz CT molecular complexity index is 889. The number of carbonyl (C=O) groups excluding carboxylic acids is 2. The van der Waals surface area contributed by atoms with Gasteiger partial charge in [-0.3, -0.25) is 9.89 Å². The lowest BCUT2D eigenvalue weighted by molar-refractivity contribution is -0.133. The molecule has 6 nitrogen and oxygen atoms in total. The number of esters is 1. The second kappa shape index (κ2) is 7.02. The van der Waals surface area contributed by atoms with Crippen molar-refractivity contribution in [2.24, 2.45) is 0 Å². The van der Waals surface area contributed by atoms with Gasteiger partial charge in [0.25, 0.3) is 5.91 Å². The van der Waals surface area contributed by atoms with Crippen molar-refractivity contribution in [1.29, 1.82) is 0 Å². The Morgan fingerprint density at radius 2 is 2.08 bits per heavy atom. The monoisotopic (exact) mass is 363 g/mol. The summed E-state index contributed by atoms with van der Waals surface area (Å²) in [5.74, 6) is -0.930. The Hall–Kier alpha value is -2.38. The summed E-state index contributed by atoms with van der Waals surface area (Å²) in [4.78, 5) is 26.6. The van der Waals surface area contributed by atoms with E-state index >= 15 is 0 Å². The van der Waals surface area contributed by atoms with Gasteiger partial charge in [-0.25, -0.2) is 4.79 Å². The third kappa shape index (κ3) is 3.58. The van der Waals surface area contributed by atoms with E-state index < -0.39 is 5.97 Å². The van der Waals surface area contributed by atoms with Crippen LogP contribution in [0.5, 0.6) is 0 Å². The van der Waals surface area contributed by atoms with Crippen LogP contribution >= 0.6 is 22.9 Å². The van der Waals surface area contributed by atoms with E-state index in [1.165, 1.54) is 16.2 Å². The van der Waals surface area contributed by atoms with Crippen LogP contribution in [0, 0.1) is 0 Å². The van der Waals surface area contributed by atoms with Crippen LogP contribution in [-0.4, -0.2) is 40.6 Å². The summed E-state index contributed by atoms with van der Waals surface area (Å²) in [7, 11) is 1.65. The fourth-order valence-corrected chi connectivity index (χ4v) is 3.32. The highest BCUT2D eigenvalue weighted by Crippen LogP contribution is 2.22. The second-order valence-electron chi connectivity index (χ2n) is 5.15. The molecule has 0 aliphatic heterocycles. The topological polar surface area (TPSA) is 75.3 Å². The molecule has 0 radical (unpaired) electrons. The lowest BCUT2D eigenvalue weighted by Crippen LogP contribution is -2.30. The summed E-state index contributed by atoms with van der Waals surface area (Å²) in [5, 5.41) is 7.37. The highest BCUT2D eigenvalue weighted by molar-refractivity contribution is 7.16. The maximum absolute atomic E-state index is 12.1. The minimum atomic E-state index is -0.631. The van der Waals surface area contributed by atoms with Gasteiger partial charge in [-0.2, -0.15) is 5.10 Å². The molecular weight excluding hydrogens is 350 g/mol. The first kappa shape index (κ1) is 16.5. The molecule has 0 aliphatic carbocycles. The van der Waals surface area contributed by atoms with Crippen LogP contribution in [0.25, 0.3) is 10.9 Å². The van der Waals surface area contributed by atoms with Crippen molar-refractivity contribution < 1.29 is 14.3 Å². The number of nitrogens with zero attached hydrogens (tertiary/aromatic N) is 2. The van der Waals surface area contributed by atoms with E-state index in [-0.39, 0.29) is 18.2 Å². The number of fused-ring (bicyclic) bond motifs is 1. The fourth-order valence-electron chi connectivity index (χ4n) is 2.18. The number of hydrogen-bond donors (Lipinski definition) is 1. The number of aromatic amines is 1. The summed E-state index contributed by atoms with van der Waals surface area (Å²) in [6.07, 6.45) is 0. The van der Waals surface area contributed by atoms with Crippen molar-refractivity contribution in [2.45, 2.75) is 6.54 Å². The third-order valence-electron chi connectivity index (χ3n) is 3.44. The van der Waals surface area contributed by atoms with E-state index in [9.17, 15) is 9.59 Å². The summed E-state index contributed by atoms with van der Waals surface area (Å²) < 4.78 is 5.75. The van der Waals surface area contributed by atoms with Gasteiger partial charge < -0.3 is 9.64 Å². The number of nitrogens with one attached hydrogen (secondary N) is 1. The zero-order valence-electron chi connectivity index (χ0n) is 12.8. The molecule has 2 aromatic heterocycles. The molecule has 8 heteroatoms. The van der Waals surface area contributed by atoms with Crippen molar-refractivity contribution in [3.8, 4) is 0 Å². The molecule has 0 saturated heterocycles. The van der Waals surface area contributed by atoms with Crippen molar-refractivity contribution >= 4 is 45.7 Å². The number of rotatable bonds is 5. The molecule has 1 aromatic carbocycles. The van der Waals surface area contributed by atoms with Crippen LogP contribution in [0.1, 0.15) is 15.4 Å². The molecular formula is C16H14ClN3O3S. The summed E-state index contributed by atoms with van der Waals surface area (Å²) in [5.41, 5.74) is 0.911. The first-order chi connectivity index (χ1) is 11.5. The van der Waals surface area contributed by atoms with Gasteiger partial charge in [-0.15, -0.1) is 11.3 Å². The minimum Gasteiger partial charge on any atom is -0.451 e. The molecule has 0 unspecified atom stereocenters. The fraction of sp³-hybridized carbons (Fsp3) is 0.188. The number of benzene rings is 1. The molecule has 1 amide bonds. The number of halogens is 1. The van der Waals surface area contributed by atoms with Crippen LogP contribution in [-0.2, 0) is 16.1 Å². The highest BCUT2D eigenvalue weighted by atomic mass is 35.5. The SMILES string of the molecule is CN(Cc1ccc(Cl)s1)C(=O)COC(=O)c1n[nH]c2ccccc12. The van der Waals surface area contributed by atoms with Gasteiger partial charge in [0.15, 0.2) is 12.3 Å². The number of carbonyl (C=O) groups is 2. The van der Waals surface area contributed by atoms with E-state index in [1.54, 1.807) is 25.2 Å². The number of amides is 1. The molecule has 124 valence electrons. The maximum Gasteiger partial charge on any atom is 0.359 e. The highest BCUT2D eigenvalue weighted by Gasteiger charge is 2.18. The van der Waals surface area contributed by atoms with Crippen LogP contribution in [0.15, 0.2) is 36.4 Å². The smallest absolute Gasteiger partial charge is 0.359 e. The van der Waals surface area contributed by atoms with E-state index in [2.05, 4.69) is 10.2 Å². The number of H-pyrrole nitrogens is 1. The lowest BCUT2D eigenvalue weighted by atomic mass is 10.2. The van der Waals surface area contributed by atoms with E-state index in [0.29, 0.717) is 16.3 Å². The van der Waals surface area contributed by atoms with Crippen molar-refractivity contribution in [2.75, 3.05) is 13.7 Å². The molecule has 3 rings (SSSR count). The van der Waals surface area contributed by atoms with Gasteiger partial charge in [0.1, 0.15) is 0 Å². The van der Waals surface area contributed by atoms with E-state index in [4.69, 9.17) is 16.3 Å². The maximum atomic E-state index is 12.1. The molecule has 0 atom stereocenters. The average Bonchev–Trinajstić information content (AvgIpc) is 3.18. The summed E-state index contributed by atoms with van der Waals surface area (Å²) >= 11 is 7.27. The molecule has 1 N–H and O–H groups in total. The summed E-state index contributed by atoms with van der Waals surface area (Å²) in [6, 6.07) is 10.9.